The Labute approximate surface area is 412 Å². The van der Waals surface area contributed by atoms with Gasteiger partial charge in [0.1, 0.15) is 6.61 Å². The summed E-state index contributed by atoms with van der Waals surface area (Å²) in [6.07, 6.45) is 85.2. The van der Waals surface area contributed by atoms with E-state index in [1.807, 2.05) is 0 Å². The van der Waals surface area contributed by atoms with Gasteiger partial charge in [-0.05, 0) is 103 Å². The minimum absolute atomic E-state index is 0.0899. The molecule has 0 aliphatic heterocycles. The monoisotopic (exact) mass is 923 g/mol. The van der Waals surface area contributed by atoms with Gasteiger partial charge in [0.05, 0.1) is 6.61 Å². The molecule has 376 valence electrons. The first kappa shape index (κ1) is 62.8. The Morgan fingerprint density at radius 3 is 0.970 bits per heavy atom. The second kappa shape index (κ2) is 56.1. The summed E-state index contributed by atoms with van der Waals surface area (Å²) in [5.74, 6) is -0.649. The molecule has 0 aliphatic rings. The largest absolute Gasteiger partial charge is 0.462 e. The highest BCUT2D eigenvalue weighted by Crippen LogP contribution is 2.14. The van der Waals surface area contributed by atoms with Crippen LogP contribution in [0.1, 0.15) is 213 Å². The quantitative estimate of drug-likeness (QED) is 0.0374. The molecule has 0 saturated heterocycles. The van der Waals surface area contributed by atoms with E-state index in [0.717, 1.165) is 116 Å². The Bertz CT molecular complexity index is 1460. The van der Waals surface area contributed by atoms with E-state index in [9.17, 15) is 14.7 Å². The van der Waals surface area contributed by atoms with Crippen molar-refractivity contribution in [1.29, 1.82) is 0 Å². The highest BCUT2D eigenvalue weighted by atomic mass is 16.6. The van der Waals surface area contributed by atoms with Gasteiger partial charge in [-0.15, -0.1) is 0 Å². The lowest BCUT2D eigenvalue weighted by atomic mass is 10.0. The van der Waals surface area contributed by atoms with Crippen LogP contribution in [0.25, 0.3) is 0 Å². The van der Waals surface area contributed by atoms with E-state index >= 15 is 0 Å². The maximum absolute atomic E-state index is 12.2. The molecule has 1 atom stereocenters. The van der Waals surface area contributed by atoms with Crippen LogP contribution in [0.3, 0.4) is 0 Å². The SMILES string of the molecule is CC/C=C\C/C=C\C/C=C\C/C=C\C/C=C\C/C=C\C/C=C\C/C=C\C/C=C\C/C=C\C/C=C\C/C=C\CCCCC(=O)OC(CO)COC(=O)CCCCCCCCCCCCCCCC. The van der Waals surface area contributed by atoms with Crippen molar-refractivity contribution in [2.45, 2.75) is 219 Å². The Kier molecular flexibility index (Phi) is 52.6. The zero-order valence-electron chi connectivity index (χ0n) is 42.8. The minimum Gasteiger partial charge on any atom is -0.462 e. The molecule has 0 aromatic rings. The van der Waals surface area contributed by atoms with Crippen LogP contribution in [0.4, 0.5) is 0 Å². The summed E-state index contributed by atoms with van der Waals surface area (Å²) in [5, 5.41) is 9.61. The van der Waals surface area contributed by atoms with Crippen LogP contribution in [0, 0.1) is 0 Å². The molecule has 0 radical (unpaired) electrons. The number of carbonyl (C=O) groups excluding carboxylic acids is 2. The number of hydrogen-bond donors (Lipinski definition) is 1. The molecule has 0 spiro atoms. The van der Waals surface area contributed by atoms with Crippen molar-refractivity contribution in [3.05, 3.63) is 146 Å². The van der Waals surface area contributed by atoms with Gasteiger partial charge in [-0.3, -0.25) is 9.59 Å². The highest BCUT2D eigenvalue weighted by Gasteiger charge is 2.16. The van der Waals surface area contributed by atoms with Crippen LogP contribution in [0.5, 0.6) is 0 Å². The van der Waals surface area contributed by atoms with Gasteiger partial charge in [-0.1, -0.05) is 243 Å². The second-order valence-corrected chi connectivity index (χ2v) is 17.2. The van der Waals surface area contributed by atoms with Gasteiger partial charge in [0.2, 0.25) is 0 Å². The molecule has 1 unspecified atom stereocenters. The van der Waals surface area contributed by atoms with Gasteiger partial charge < -0.3 is 14.6 Å². The molecule has 67 heavy (non-hydrogen) atoms. The average molecular weight is 923 g/mol. The molecule has 0 amide bonds. The van der Waals surface area contributed by atoms with Crippen LogP contribution in [-0.2, 0) is 19.1 Å². The molecule has 5 heteroatoms. The summed E-state index contributed by atoms with van der Waals surface area (Å²) in [7, 11) is 0. The predicted molar refractivity (Wildman–Crippen MR) is 292 cm³/mol. The van der Waals surface area contributed by atoms with Gasteiger partial charge in [0.15, 0.2) is 6.10 Å². The molecular formula is C62H98O5. The van der Waals surface area contributed by atoms with Crippen molar-refractivity contribution < 1.29 is 24.2 Å². The number of ether oxygens (including phenoxy) is 2. The van der Waals surface area contributed by atoms with E-state index in [4.69, 9.17) is 9.47 Å². The first-order valence-electron chi connectivity index (χ1n) is 26.9. The fraction of sp³-hybridized carbons (Fsp3) is 0.581. The van der Waals surface area contributed by atoms with E-state index in [0.29, 0.717) is 12.8 Å². The molecule has 0 aliphatic carbocycles. The van der Waals surface area contributed by atoms with Crippen LogP contribution < -0.4 is 0 Å². The van der Waals surface area contributed by atoms with Gasteiger partial charge in [-0.2, -0.15) is 0 Å². The Morgan fingerprint density at radius 2 is 0.642 bits per heavy atom. The van der Waals surface area contributed by atoms with Crippen molar-refractivity contribution in [3.8, 4) is 0 Å². The molecule has 0 saturated carbocycles. The first-order chi connectivity index (χ1) is 33.1. The van der Waals surface area contributed by atoms with Gasteiger partial charge in [-0.25, -0.2) is 0 Å². The summed E-state index contributed by atoms with van der Waals surface area (Å²) in [5.41, 5.74) is 0. The smallest absolute Gasteiger partial charge is 0.306 e. The minimum atomic E-state index is -0.803. The third-order valence-corrected chi connectivity index (χ3v) is 10.9. The summed E-state index contributed by atoms with van der Waals surface area (Å²) < 4.78 is 10.6. The Morgan fingerprint density at radius 1 is 0.358 bits per heavy atom. The molecule has 0 aromatic carbocycles. The van der Waals surface area contributed by atoms with Gasteiger partial charge >= 0.3 is 11.9 Å². The zero-order chi connectivity index (χ0) is 48.5. The highest BCUT2D eigenvalue weighted by molar-refractivity contribution is 5.70. The summed E-state index contributed by atoms with van der Waals surface area (Å²) in [6, 6.07) is 0. The number of aliphatic hydroxyl groups excluding tert-OH is 1. The number of aliphatic hydroxyl groups is 1. The van der Waals surface area contributed by atoms with Crippen LogP contribution in [-0.4, -0.2) is 36.4 Å². The van der Waals surface area contributed by atoms with Gasteiger partial charge in [0.25, 0.3) is 0 Å². The van der Waals surface area contributed by atoms with Crippen LogP contribution in [0.2, 0.25) is 0 Å². The molecular weight excluding hydrogens is 825 g/mol. The topological polar surface area (TPSA) is 72.8 Å². The molecule has 0 bridgehead atoms. The van der Waals surface area contributed by atoms with Crippen molar-refractivity contribution in [2.24, 2.45) is 0 Å². The normalized spacial score (nSPS) is 13.4. The molecule has 5 nitrogen and oxygen atoms in total. The molecule has 0 heterocycles. The standard InChI is InChI=1S/C62H98O5/c1-3-5-7-9-11-13-15-17-19-20-21-22-23-24-25-26-27-28-29-30-31-32-33-34-35-36-37-38-39-40-41-42-43-45-47-49-51-53-55-57-62(65)67-60(58-63)59-66-61(64)56-54-52-50-48-46-44-18-16-14-12-10-8-6-4-2/h5,7,11,13,17,19,21-22,24-25,27-28,30-31,33-34,36-37,39-40,42-43,47,49,60,63H,3-4,6,8-10,12,14-16,18,20,23,26,29,32,35,38,41,44-46,48,50-59H2,1-2H3/b7-5-,13-11-,19-17-,22-21-,25-24-,28-27-,31-30-,34-33-,37-36-,40-39-,43-42-,49-47-. The second-order valence-electron chi connectivity index (χ2n) is 17.2. The van der Waals surface area contributed by atoms with Gasteiger partial charge in [0, 0.05) is 12.8 Å². The molecule has 0 rings (SSSR count). The van der Waals surface area contributed by atoms with E-state index in [2.05, 4.69) is 160 Å². The Balaban J connectivity index is 3.71. The third kappa shape index (κ3) is 54.3. The summed E-state index contributed by atoms with van der Waals surface area (Å²) in [4.78, 5) is 24.4. The molecule has 0 aromatic heterocycles. The Hall–Kier alpha value is -4.22. The summed E-state index contributed by atoms with van der Waals surface area (Å²) in [6.45, 7) is 3.98. The van der Waals surface area contributed by atoms with Crippen molar-refractivity contribution in [2.75, 3.05) is 13.2 Å². The number of hydrogen-bond acceptors (Lipinski definition) is 5. The number of unbranched alkanes of at least 4 members (excludes halogenated alkanes) is 15. The van der Waals surface area contributed by atoms with E-state index in [1.165, 1.54) is 70.6 Å². The third-order valence-electron chi connectivity index (χ3n) is 10.9. The van der Waals surface area contributed by atoms with E-state index < -0.39 is 6.10 Å². The van der Waals surface area contributed by atoms with Crippen LogP contribution in [0.15, 0.2) is 146 Å². The number of rotatable bonds is 47. The lowest BCUT2D eigenvalue weighted by Crippen LogP contribution is -2.28. The summed E-state index contributed by atoms with van der Waals surface area (Å²) >= 11 is 0. The fourth-order valence-corrected chi connectivity index (χ4v) is 6.89. The zero-order valence-corrected chi connectivity index (χ0v) is 42.8. The van der Waals surface area contributed by atoms with E-state index in [1.54, 1.807) is 0 Å². The average Bonchev–Trinajstić information content (AvgIpc) is 3.33. The lowest BCUT2D eigenvalue weighted by Gasteiger charge is -2.15. The number of esters is 2. The van der Waals surface area contributed by atoms with Crippen molar-refractivity contribution >= 4 is 11.9 Å². The van der Waals surface area contributed by atoms with Crippen LogP contribution >= 0.6 is 0 Å². The molecule has 0 fully saturated rings. The lowest BCUT2D eigenvalue weighted by molar-refractivity contribution is -0.161. The number of allylic oxidation sites excluding steroid dienone is 24. The molecule has 1 N–H and O–H groups in total. The predicted octanol–water partition coefficient (Wildman–Crippen LogP) is 18.2. The maximum Gasteiger partial charge on any atom is 0.306 e. The fourth-order valence-electron chi connectivity index (χ4n) is 6.89. The van der Waals surface area contributed by atoms with Crippen molar-refractivity contribution in [3.63, 3.8) is 0 Å². The number of carbonyl (C=O) groups is 2. The van der Waals surface area contributed by atoms with E-state index in [-0.39, 0.29) is 25.2 Å². The van der Waals surface area contributed by atoms with Crippen molar-refractivity contribution in [1.82, 2.24) is 0 Å². The maximum atomic E-state index is 12.2. The first-order valence-corrected chi connectivity index (χ1v) is 26.9.